The van der Waals surface area contributed by atoms with Crippen molar-refractivity contribution in [2.75, 3.05) is 58.5 Å². The Balaban J connectivity index is -0.000000243. The lowest BCUT2D eigenvalue weighted by molar-refractivity contribution is 0.252. The summed E-state index contributed by atoms with van der Waals surface area (Å²) in [5, 5.41) is 0.260. The fourth-order valence-electron chi connectivity index (χ4n) is 2.98. The monoisotopic (exact) mass is 564 g/mol. The molecule has 8 heteroatoms. The van der Waals surface area contributed by atoms with Gasteiger partial charge in [0.1, 0.15) is 5.82 Å². The second kappa shape index (κ2) is 32.4. The Morgan fingerprint density at radius 3 is 2.08 bits per heavy atom. The normalized spacial score (nSPS) is 13.3. The summed E-state index contributed by atoms with van der Waals surface area (Å²) in [6, 6.07) is 6.22. The molecule has 1 aromatic rings. The second-order valence-corrected chi connectivity index (χ2v) is 8.58. The Bertz CT molecular complexity index is 611. The van der Waals surface area contributed by atoms with Gasteiger partial charge in [-0.3, -0.25) is 9.29 Å². The van der Waals surface area contributed by atoms with E-state index in [-0.39, 0.29) is 5.37 Å². The van der Waals surface area contributed by atoms with Gasteiger partial charge in [0, 0.05) is 38.9 Å². The second-order valence-electron chi connectivity index (χ2n) is 7.24. The third-order valence-electron chi connectivity index (χ3n) is 5.01. The van der Waals surface area contributed by atoms with Crippen molar-refractivity contribution in [2.24, 2.45) is 0 Å². The van der Waals surface area contributed by atoms with E-state index < -0.39 is 0 Å². The summed E-state index contributed by atoms with van der Waals surface area (Å²) in [6.45, 7) is 25.7. The van der Waals surface area contributed by atoms with E-state index in [2.05, 4.69) is 76.4 Å². The molecule has 0 spiro atoms. The SMILES string of the molecule is C=C/C=C(/C)N(C)C(C)S.CC.CC.CCCCCN1CCN(c2cccc(P)n2)CC1.CF.CP. The van der Waals surface area contributed by atoms with Gasteiger partial charge in [-0.1, -0.05) is 82.1 Å². The van der Waals surface area contributed by atoms with Gasteiger partial charge in [-0.15, -0.1) is 9.24 Å². The molecule has 36 heavy (non-hydrogen) atoms. The zero-order valence-corrected chi connectivity index (χ0v) is 28.3. The number of hydrogen-bond donors (Lipinski definition) is 1. The van der Waals surface area contributed by atoms with E-state index in [0.29, 0.717) is 7.18 Å². The zero-order chi connectivity index (χ0) is 28.9. The van der Waals surface area contributed by atoms with Crippen molar-refractivity contribution in [3.8, 4) is 0 Å². The molecule has 0 saturated carbocycles. The van der Waals surface area contributed by atoms with E-state index in [1.807, 2.05) is 67.4 Å². The average Bonchev–Trinajstić information content (AvgIpc) is 2.94. The number of aromatic nitrogens is 1. The standard InChI is InChI=1S/C14H24N3P.C8H15NS.2C2H6.CH3F.CH5P/c1-2-3-4-8-16-9-11-17(12-10-16)13-6-5-7-14(18)15-13;1-5-6-7(2)9(4)8(3)10;4*1-2/h5-7H,2-4,8-12,18H2,1H3;5-6,8,10H,1H2,2-4H3;2*1-2H3;1H3;2H2,1H3/b;7-6-;;;;. The van der Waals surface area contributed by atoms with Crippen molar-refractivity contribution < 1.29 is 4.39 Å². The lowest BCUT2D eigenvalue weighted by Gasteiger charge is -2.35. The smallest absolute Gasteiger partial charge is 0.129 e. The average molecular weight is 565 g/mol. The molecule has 2 heterocycles. The van der Waals surface area contributed by atoms with Gasteiger partial charge in [0.25, 0.3) is 0 Å². The van der Waals surface area contributed by atoms with Crippen LogP contribution in [0.5, 0.6) is 0 Å². The van der Waals surface area contributed by atoms with Crippen molar-refractivity contribution in [1.82, 2.24) is 14.8 Å². The molecule has 3 unspecified atom stereocenters. The number of hydrogen-bond acceptors (Lipinski definition) is 5. The first-order chi connectivity index (χ1) is 17.4. The molecule has 3 atom stereocenters. The number of thiol groups is 1. The summed E-state index contributed by atoms with van der Waals surface area (Å²) >= 11 is 4.28. The number of anilines is 1. The van der Waals surface area contributed by atoms with Gasteiger partial charge >= 0.3 is 0 Å². The van der Waals surface area contributed by atoms with E-state index in [9.17, 15) is 4.39 Å². The molecule has 1 saturated heterocycles. The van der Waals surface area contributed by atoms with Crippen LogP contribution in [0.4, 0.5) is 10.2 Å². The molecule has 4 nitrogen and oxygen atoms in total. The quantitative estimate of drug-likeness (QED) is 0.118. The lowest BCUT2D eigenvalue weighted by Crippen LogP contribution is -2.47. The molecule has 0 aromatic carbocycles. The van der Waals surface area contributed by atoms with E-state index in [1.165, 1.54) is 44.6 Å². The third-order valence-corrected chi connectivity index (χ3v) is 5.67. The van der Waals surface area contributed by atoms with Crippen LogP contribution in [-0.2, 0) is 0 Å². The number of rotatable bonds is 8. The maximum absolute atomic E-state index is 9.50. The Morgan fingerprint density at radius 2 is 1.67 bits per heavy atom. The predicted octanol–water partition coefficient (Wildman–Crippen LogP) is 7.31. The van der Waals surface area contributed by atoms with Gasteiger partial charge in [0.15, 0.2) is 0 Å². The number of unbranched alkanes of at least 4 members (excludes halogenated alkanes) is 2. The van der Waals surface area contributed by atoms with Gasteiger partial charge in [-0.2, -0.15) is 12.6 Å². The molecule has 1 aliphatic heterocycles. The van der Waals surface area contributed by atoms with Crippen LogP contribution in [0.2, 0.25) is 0 Å². The fourth-order valence-corrected chi connectivity index (χ4v) is 3.41. The number of halogens is 1. The largest absolute Gasteiger partial charge is 0.367 e. The molecule has 0 aliphatic carbocycles. The predicted molar refractivity (Wildman–Crippen MR) is 177 cm³/mol. The molecule has 214 valence electrons. The van der Waals surface area contributed by atoms with Crippen molar-refractivity contribution in [1.29, 1.82) is 0 Å². The highest BCUT2D eigenvalue weighted by molar-refractivity contribution is 7.80. The number of allylic oxidation sites excluding steroid dienone is 3. The van der Waals surface area contributed by atoms with Crippen LogP contribution in [0.1, 0.15) is 67.7 Å². The van der Waals surface area contributed by atoms with Gasteiger partial charge in [-0.05, 0) is 45.0 Å². The van der Waals surface area contributed by atoms with Crippen molar-refractivity contribution in [3.05, 3.63) is 42.6 Å². The third kappa shape index (κ3) is 22.5. The highest BCUT2D eigenvalue weighted by Gasteiger charge is 2.17. The summed E-state index contributed by atoms with van der Waals surface area (Å²) in [5.41, 5.74) is 2.20. The van der Waals surface area contributed by atoms with Gasteiger partial charge in [0.2, 0.25) is 0 Å². The molecule has 0 radical (unpaired) electrons. The first kappa shape index (κ1) is 42.4. The van der Waals surface area contributed by atoms with E-state index in [4.69, 9.17) is 0 Å². The Morgan fingerprint density at radius 1 is 1.14 bits per heavy atom. The molecule has 0 bridgehead atoms. The Labute approximate surface area is 235 Å². The van der Waals surface area contributed by atoms with Crippen LogP contribution in [0.3, 0.4) is 0 Å². The maximum Gasteiger partial charge on any atom is 0.129 e. The highest BCUT2D eigenvalue weighted by Crippen LogP contribution is 2.13. The minimum atomic E-state index is 0.260. The fraction of sp³-hybridized carbons (Fsp3) is 0.679. The molecule has 1 fully saturated rings. The van der Waals surface area contributed by atoms with E-state index in [1.54, 1.807) is 6.08 Å². The van der Waals surface area contributed by atoms with Crippen LogP contribution < -0.4 is 10.3 Å². The lowest BCUT2D eigenvalue weighted by atomic mass is 10.2. The highest BCUT2D eigenvalue weighted by atomic mass is 32.1. The van der Waals surface area contributed by atoms with E-state index in [0.717, 1.165) is 24.3 Å². The summed E-state index contributed by atoms with van der Waals surface area (Å²) < 4.78 is 9.50. The minimum Gasteiger partial charge on any atom is -0.367 e. The number of pyridine rings is 1. The van der Waals surface area contributed by atoms with Crippen LogP contribution in [0, 0.1) is 0 Å². The number of piperazine rings is 1. The van der Waals surface area contributed by atoms with Crippen molar-refractivity contribution >= 4 is 42.4 Å². The molecule has 0 amide bonds. The van der Waals surface area contributed by atoms with Crippen LogP contribution >= 0.6 is 31.1 Å². The number of nitrogens with zero attached hydrogens (tertiary/aromatic N) is 4. The van der Waals surface area contributed by atoms with Crippen LogP contribution in [0.15, 0.2) is 42.6 Å². The minimum absolute atomic E-state index is 0.260. The van der Waals surface area contributed by atoms with Crippen LogP contribution in [0.25, 0.3) is 0 Å². The molecular weight excluding hydrogens is 505 g/mol. The first-order valence-electron chi connectivity index (χ1n) is 13.2. The van der Waals surface area contributed by atoms with Gasteiger partial charge in [-0.25, -0.2) is 4.98 Å². The van der Waals surface area contributed by atoms with Gasteiger partial charge in [0.05, 0.1) is 18.0 Å². The molecular formula is C28H59FN4P2S. The van der Waals surface area contributed by atoms with Crippen molar-refractivity contribution in [2.45, 2.75) is 73.1 Å². The first-order valence-corrected chi connectivity index (χ1v) is 15.5. The van der Waals surface area contributed by atoms with Crippen molar-refractivity contribution in [3.63, 3.8) is 0 Å². The zero-order valence-electron chi connectivity index (χ0n) is 25.1. The topological polar surface area (TPSA) is 22.6 Å². The molecule has 2 rings (SSSR count). The van der Waals surface area contributed by atoms with E-state index >= 15 is 0 Å². The summed E-state index contributed by atoms with van der Waals surface area (Å²) in [6.07, 6.45) is 7.76. The molecule has 0 N–H and O–H groups in total. The Kier molecular flexibility index (Phi) is 38.1. The summed E-state index contributed by atoms with van der Waals surface area (Å²) in [4.78, 5) is 11.6. The van der Waals surface area contributed by atoms with Gasteiger partial charge < -0.3 is 9.80 Å². The Hall–Kier alpha value is -0.670. The maximum atomic E-state index is 9.50. The summed E-state index contributed by atoms with van der Waals surface area (Å²) in [5.74, 6) is 1.12. The summed E-state index contributed by atoms with van der Waals surface area (Å²) in [7, 11) is 7.59. The number of alkyl halides is 1. The molecule has 1 aliphatic rings. The van der Waals surface area contributed by atoms with Crippen LogP contribution in [-0.4, -0.2) is 73.8 Å². The molecule has 1 aromatic heterocycles.